The first-order chi connectivity index (χ1) is 19.5. The van der Waals surface area contributed by atoms with Crippen molar-refractivity contribution in [3.63, 3.8) is 0 Å². The lowest BCUT2D eigenvalue weighted by Crippen LogP contribution is -2.42. The Morgan fingerprint density at radius 3 is 2.65 bits per heavy atom. The monoisotopic (exact) mass is 534 g/mol. The fourth-order valence-corrected chi connectivity index (χ4v) is 5.08. The number of nitrogens with zero attached hydrogens (tertiary/aromatic N) is 4. The Kier molecular flexibility index (Phi) is 6.86. The molecule has 40 heavy (non-hydrogen) atoms. The number of hydrogen-bond donors (Lipinski definition) is 2. The molecule has 2 aromatic heterocycles. The van der Waals surface area contributed by atoms with E-state index in [4.69, 9.17) is 14.8 Å². The van der Waals surface area contributed by atoms with Gasteiger partial charge in [-0.3, -0.25) is 14.6 Å². The number of ether oxygens (including phenoxy) is 1. The number of rotatable bonds is 5. The van der Waals surface area contributed by atoms with E-state index in [0.717, 1.165) is 36.1 Å². The molecule has 0 aliphatic carbocycles. The third kappa shape index (κ3) is 4.86. The standard InChI is InChI=1S/C31H30N6O3/c1-3-22-12-9-17-37-31(40-22)25(27(36-37)21-16-15-19(2)32-18-21)29(38)35-28-30(39)33-24-14-8-7-13-23(24)26(34-28)20-10-5-4-6-11-20/h4-8,10-11,13-16,18,22,28H,3,9,12,17H2,1-2H3,(H,33,39)(H,35,38)/t22?,28-/m1/s1. The fourth-order valence-electron chi connectivity index (χ4n) is 5.08. The maximum Gasteiger partial charge on any atom is 0.269 e. The van der Waals surface area contributed by atoms with Gasteiger partial charge in [0.2, 0.25) is 12.0 Å². The molecular weight excluding hydrogens is 504 g/mol. The third-order valence-corrected chi connectivity index (χ3v) is 7.21. The second-order valence-electron chi connectivity index (χ2n) is 9.99. The molecule has 0 radical (unpaired) electrons. The fraction of sp³-hybridized carbons (Fsp3) is 0.258. The number of nitrogens with one attached hydrogen (secondary N) is 2. The van der Waals surface area contributed by atoms with Gasteiger partial charge in [-0.2, -0.15) is 5.10 Å². The molecule has 2 atom stereocenters. The number of benzodiazepines with no additional fused rings is 1. The molecule has 2 aliphatic rings. The number of carbonyl (C=O) groups is 2. The van der Waals surface area contributed by atoms with Gasteiger partial charge in [-0.15, -0.1) is 0 Å². The summed E-state index contributed by atoms with van der Waals surface area (Å²) in [5.41, 5.74) is 5.14. The van der Waals surface area contributed by atoms with Gasteiger partial charge in [0.05, 0.1) is 11.4 Å². The lowest BCUT2D eigenvalue weighted by atomic mass is 10.0. The number of aliphatic imine (C=N–C) groups is 1. The zero-order chi connectivity index (χ0) is 27.6. The van der Waals surface area contributed by atoms with Gasteiger partial charge in [-0.1, -0.05) is 55.5 Å². The zero-order valence-corrected chi connectivity index (χ0v) is 22.4. The average molecular weight is 535 g/mol. The van der Waals surface area contributed by atoms with E-state index in [9.17, 15) is 9.59 Å². The van der Waals surface area contributed by atoms with E-state index in [1.165, 1.54) is 0 Å². The normalized spacial score (nSPS) is 18.2. The molecule has 0 spiro atoms. The van der Waals surface area contributed by atoms with Gasteiger partial charge in [0.25, 0.3) is 11.8 Å². The summed E-state index contributed by atoms with van der Waals surface area (Å²) < 4.78 is 8.10. The van der Waals surface area contributed by atoms with Gasteiger partial charge in [-0.25, -0.2) is 9.67 Å². The molecule has 4 aromatic rings. The lowest BCUT2D eigenvalue weighted by molar-refractivity contribution is -0.117. The largest absolute Gasteiger partial charge is 0.474 e. The highest BCUT2D eigenvalue weighted by atomic mass is 16.5. The molecule has 0 saturated carbocycles. The smallest absolute Gasteiger partial charge is 0.269 e. The van der Waals surface area contributed by atoms with Crippen LogP contribution in [0.15, 0.2) is 77.9 Å². The number of hydrogen-bond acceptors (Lipinski definition) is 6. The lowest BCUT2D eigenvalue weighted by Gasteiger charge is -2.17. The Hall–Kier alpha value is -4.79. The number of para-hydroxylation sites is 1. The predicted molar refractivity (Wildman–Crippen MR) is 153 cm³/mol. The summed E-state index contributed by atoms with van der Waals surface area (Å²) in [6.45, 7) is 4.59. The Balaban J connectivity index is 1.43. The van der Waals surface area contributed by atoms with Crippen molar-refractivity contribution in [1.82, 2.24) is 20.1 Å². The number of aryl methyl sites for hydroxylation is 2. The van der Waals surface area contributed by atoms with Gasteiger partial charge in [0.15, 0.2) is 0 Å². The molecule has 202 valence electrons. The van der Waals surface area contributed by atoms with Crippen LogP contribution < -0.4 is 15.4 Å². The van der Waals surface area contributed by atoms with Gasteiger partial charge in [0, 0.05) is 35.1 Å². The van der Waals surface area contributed by atoms with Crippen molar-refractivity contribution in [3.8, 4) is 17.1 Å². The van der Waals surface area contributed by atoms with Crippen LogP contribution in [0.4, 0.5) is 5.69 Å². The summed E-state index contributed by atoms with van der Waals surface area (Å²) in [5, 5.41) is 10.6. The maximum absolute atomic E-state index is 14.1. The van der Waals surface area contributed by atoms with Crippen molar-refractivity contribution < 1.29 is 14.3 Å². The summed E-state index contributed by atoms with van der Waals surface area (Å²) in [6.07, 6.45) is 3.05. The predicted octanol–water partition coefficient (Wildman–Crippen LogP) is 4.75. The Bertz CT molecular complexity index is 1590. The number of aromatic nitrogens is 3. The minimum Gasteiger partial charge on any atom is -0.474 e. The van der Waals surface area contributed by atoms with Gasteiger partial charge in [0.1, 0.15) is 17.4 Å². The Labute approximate surface area is 232 Å². The highest BCUT2D eigenvalue weighted by Crippen LogP contribution is 2.34. The second kappa shape index (κ2) is 10.8. The molecule has 2 N–H and O–H groups in total. The molecule has 6 rings (SSSR count). The van der Waals surface area contributed by atoms with Crippen molar-refractivity contribution in [1.29, 1.82) is 0 Å². The van der Waals surface area contributed by atoms with E-state index < -0.39 is 18.0 Å². The van der Waals surface area contributed by atoms with Crippen LogP contribution in [0.1, 0.15) is 53.4 Å². The third-order valence-electron chi connectivity index (χ3n) is 7.21. The summed E-state index contributed by atoms with van der Waals surface area (Å²) >= 11 is 0. The zero-order valence-electron chi connectivity index (χ0n) is 22.4. The minimum atomic E-state index is -1.18. The van der Waals surface area contributed by atoms with E-state index >= 15 is 0 Å². The molecule has 2 aromatic carbocycles. The minimum absolute atomic E-state index is 0.0353. The van der Waals surface area contributed by atoms with Crippen LogP contribution in [0.5, 0.6) is 5.88 Å². The van der Waals surface area contributed by atoms with Crippen molar-refractivity contribution >= 4 is 23.2 Å². The number of anilines is 1. The van der Waals surface area contributed by atoms with Crippen LogP contribution in [0.25, 0.3) is 11.3 Å². The van der Waals surface area contributed by atoms with E-state index in [1.54, 1.807) is 10.9 Å². The second-order valence-corrected chi connectivity index (χ2v) is 9.99. The molecule has 2 amide bonds. The molecule has 0 fully saturated rings. The SMILES string of the molecule is CCC1CCCn2nc(-c3ccc(C)nc3)c(C(=O)N[C@H]3N=C(c4ccccc4)c4ccccc4NC3=O)c2O1. The molecule has 9 heteroatoms. The Morgan fingerprint density at radius 2 is 1.88 bits per heavy atom. The molecule has 2 aliphatic heterocycles. The number of benzene rings is 2. The first-order valence-electron chi connectivity index (χ1n) is 13.6. The van der Waals surface area contributed by atoms with Gasteiger partial charge >= 0.3 is 0 Å². The quantitative estimate of drug-likeness (QED) is 0.384. The van der Waals surface area contributed by atoms with Gasteiger partial charge in [-0.05, 0) is 44.4 Å². The Morgan fingerprint density at radius 1 is 1.07 bits per heavy atom. The van der Waals surface area contributed by atoms with E-state index in [0.29, 0.717) is 35.1 Å². The number of pyridine rings is 1. The molecule has 0 bridgehead atoms. The van der Waals surface area contributed by atoms with Crippen LogP contribution in [-0.2, 0) is 11.3 Å². The molecule has 9 nitrogen and oxygen atoms in total. The topological polar surface area (TPSA) is 111 Å². The van der Waals surface area contributed by atoms with Crippen molar-refractivity contribution in [2.24, 2.45) is 4.99 Å². The van der Waals surface area contributed by atoms with Crippen molar-refractivity contribution in [3.05, 3.63) is 95.3 Å². The molecule has 4 heterocycles. The molecular formula is C31H30N6O3. The summed E-state index contributed by atoms with van der Waals surface area (Å²) in [7, 11) is 0. The number of fused-ring (bicyclic) bond motifs is 2. The number of carbonyl (C=O) groups excluding carboxylic acids is 2. The maximum atomic E-state index is 14.1. The summed E-state index contributed by atoms with van der Waals surface area (Å²) in [4.78, 5) is 36.7. The van der Waals surface area contributed by atoms with Crippen molar-refractivity contribution in [2.45, 2.75) is 51.9 Å². The van der Waals surface area contributed by atoms with Gasteiger partial charge < -0.3 is 15.4 Å². The van der Waals surface area contributed by atoms with E-state index in [-0.39, 0.29) is 11.7 Å². The van der Waals surface area contributed by atoms with Crippen LogP contribution in [0.2, 0.25) is 0 Å². The van der Waals surface area contributed by atoms with Crippen LogP contribution >= 0.6 is 0 Å². The van der Waals surface area contributed by atoms with Crippen LogP contribution in [0, 0.1) is 6.92 Å². The summed E-state index contributed by atoms with van der Waals surface area (Å²) in [6, 6.07) is 20.9. The molecule has 0 saturated heterocycles. The summed E-state index contributed by atoms with van der Waals surface area (Å²) in [5.74, 6) is -0.520. The first kappa shape index (κ1) is 25.5. The average Bonchev–Trinajstić information content (AvgIpc) is 3.11. The van der Waals surface area contributed by atoms with Crippen LogP contribution in [0.3, 0.4) is 0 Å². The first-order valence-corrected chi connectivity index (χ1v) is 13.6. The van der Waals surface area contributed by atoms with E-state index in [2.05, 4.69) is 22.5 Å². The number of amides is 2. The van der Waals surface area contributed by atoms with E-state index in [1.807, 2.05) is 73.7 Å². The molecule has 1 unspecified atom stereocenters. The van der Waals surface area contributed by atoms with Crippen molar-refractivity contribution in [2.75, 3.05) is 5.32 Å². The highest BCUT2D eigenvalue weighted by Gasteiger charge is 2.33. The van der Waals surface area contributed by atoms with Crippen LogP contribution in [-0.4, -0.2) is 44.6 Å². The highest BCUT2D eigenvalue weighted by molar-refractivity contribution is 6.20.